The second kappa shape index (κ2) is 6.38. The van der Waals surface area contributed by atoms with Crippen molar-refractivity contribution in [2.45, 2.75) is 12.5 Å². The van der Waals surface area contributed by atoms with Crippen molar-refractivity contribution in [2.24, 2.45) is 0 Å². The summed E-state index contributed by atoms with van der Waals surface area (Å²) in [6, 6.07) is 12.2. The maximum absolute atomic E-state index is 13.9. The van der Waals surface area contributed by atoms with E-state index in [4.69, 9.17) is 23.2 Å². The lowest BCUT2D eigenvalue weighted by Crippen LogP contribution is -2.20. The Morgan fingerprint density at radius 2 is 1.68 bits per heavy atom. The van der Waals surface area contributed by atoms with Crippen LogP contribution in [-0.4, -0.2) is 7.05 Å². The molecule has 0 spiro atoms. The minimum absolute atomic E-state index is 0.0987. The van der Waals surface area contributed by atoms with Crippen molar-refractivity contribution < 1.29 is 4.39 Å². The van der Waals surface area contributed by atoms with Crippen LogP contribution in [0.25, 0.3) is 0 Å². The Bertz CT molecular complexity index is 555. The summed E-state index contributed by atoms with van der Waals surface area (Å²) < 4.78 is 13.9. The van der Waals surface area contributed by atoms with Crippen molar-refractivity contribution in [3.05, 3.63) is 69.5 Å². The molecule has 0 amide bonds. The first-order chi connectivity index (χ1) is 9.10. The summed E-state index contributed by atoms with van der Waals surface area (Å²) in [4.78, 5) is 0. The Hall–Kier alpha value is -1.09. The molecule has 0 saturated heterocycles. The molecule has 0 aliphatic rings. The quantitative estimate of drug-likeness (QED) is 0.867. The molecule has 0 fully saturated rings. The number of hydrogen-bond acceptors (Lipinski definition) is 1. The summed E-state index contributed by atoms with van der Waals surface area (Å²) in [5.41, 5.74) is 1.71. The molecule has 0 heterocycles. The van der Waals surface area contributed by atoms with Gasteiger partial charge in [-0.3, -0.25) is 0 Å². The van der Waals surface area contributed by atoms with E-state index in [9.17, 15) is 4.39 Å². The van der Waals surface area contributed by atoms with Crippen molar-refractivity contribution in [1.29, 1.82) is 0 Å². The fourth-order valence-corrected chi connectivity index (χ4v) is 2.29. The Balaban J connectivity index is 2.22. The minimum Gasteiger partial charge on any atom is -0.313 e. The monoisotopic (exact) mass is 297 g/mol. The van der Waals surface area contributed by atoms with E-state index in [1.54, 1.807) is 12.1 Å². The van der Waals surface area contributed by atoms with Crippen molar-refractivity contribution in [1.82, 2.24) is 5.32 Å². The third kappa shape index (κ3) is 3.69. The van der Waals surface area contributed by atoms with Gasteiger partial charge in [-0.05, 0) is 43.3 Å². The van der Waals surface area contributed by atoms with Crippen LogP contribution in [-0.2, 0) is 6.42 Å². The molecule has 0 saturated carbocycles. The van der Waals surface area contributed by atoms with Gasteiger partial charge in [0.25, 0.3) is 0 Å². The lowest BCUT2D eigenvalue weighted by molar-refractivity contribution is 0.534. The highest BCUT2D eigenvalue weighted by Crippen LogP contribution is 2.24. The molecule has 19 heavy (non-hydrogen) atoms. The van der Waals surface area contributed by atoms with Gasteiger partial charge in [-0.1, -0.05) is 41.4 Å². The predicted molar refractivity (Wildman–Crippen MR) is 78.4 cm³/mol. The van der Waals surface area contributed by atoms with Crippen LogP contribution >= 0.6 is 23.2 Å². The molecule has 0 aromatic heterocycles. The summed E-state index contributed by atoms with van der Waals surface area (Å²) in [6.07, 6.45) is 0.687. The van der Waals surface area contributed by atoms with Crippen molar-refractivity contribution in [3.8, 4) is 0 Å². The van der Waals surface area contributed by atoms with Gasteiger partial charge in [0.15, 0.2) is 0 Å². The lowest BCUT2D eigenvalue weighted by Gasteiger charge is -2.17. The van der Waals surface area contributed by atoms with E-state index in [2.05, 4.69) is 5.32 Å². The molecule has 1 atom stereocenters. The van der Waals surface area contributed by atoms with Gasteiger partial charge >= 0.3 is 0 Å². The zero-order valence-electron chi connectivity index (χ0n) is 10.5. The average Bonchev–Trinajstić information content (AvgIpc) is 2.39. The zero-order chi connectivity index (χ0) is 13.8. The Labute approximate surface area is 122 Å². The molecule has 2 aromatic carbocycles. The number of benzene rings is 2. The van der Waals surface area contributed by atoms with Gasteiger partial charge in [-0.25, -0.2) is 4.39 Å². The van der Waals surface area contributed by atoms with Gasteiger partial charge < -0.3 is 5.32 Å². The van der Waals surface area contributed by atoms with Crippen LogP contribution < -0.4 is 5.32 Å². The lowest BCUT2D eigenvalue weighted by atomic mass is 9.98. The molecule has 1 N–H and O–H groups in total. The predicted octanol–water partition coefficient (Wildman–Crippen LogP) is 4.64. The van der Waals surface area contributed by atoms with E-state index in [-0.39, 0.29) is 11.9 Å². The highest BCUT2D eigenvalue weighted by Gasteiger charge is 2.14. The molecule has 0 aliphatic carbocycles. The fourth-order valence-electron chi connectivity index (χ4n) is 2.01. The van der Waals surface area contributed by atoms with Crippen LogP contribution in [0.1, 0.15) is 17.2 Å². The number of nitrogens with one attached hydrogen (secondary N) is 1. The van der Waals surface area contributed by atoms with E-state index in [1.165, 1.54) is 6.07 Å². The van der Waals surface area contributed by atoms with E-state index in [0.717, 1.165) is 5.56 Å². The molecule has 0 bridgehead atoms. The van der Waals surface area contributed by atoms with E-state index >= 15 is 0 Å². The van der Waals surface area contributed by atoms with Gasteiger partial charge in [-0.2, -0.15) is 0 Å². The van der Waals surface area contributed by atoms with Crippen LogP contribution in [0.4, 0.5) is 4.39 Å². The molecule has 0 aliphatic heterocycles. The molecule has 2 aromatic rings. The van der Waals surface area contributed by atoms with Crippen LogP contribution in [0.2, 0.25) is 10.0 Å². The maximum atomic E-state index is 13.9. The van der Waals surface area contributed by atoms with E-state index in [1.807, 2.05) is 31.3 Å². The third-order valence-corrected chi connectivity index (χ3v) is 3.53. The summed E-state index contributed by atoms with van der Waals surface area (Å²) in [5, 5.41) is 4.23. The summed E-state index contributed by atoms with van der Waals surface area (Å²) in [6.45, 7) is 0. The Kier molecular flexibility index (Phi) is 4.81. The second-order valence-electron chi connectivity index (χ2n) is 4.34. The second-order valence-corrected chi connectivity index (χ2v) is 5.21. The van der Waals surface area contributed by atoms with Gasteiger partial charge in [0.05, 0.1) is 0 Å². The summed E-state index contributed by atoms with van der Waals surface area (Å²) >= 11 is 11.6. The first-order valence-corrected chi connectivity index (χ1v) is 6.72. The smallest absolute Gasteiger partial charge is 0.129 e. The van der Waals surface area contributed by atoms with Gasteiger partial charge in [0.2, 0.25) is 0 Å². The minimum atomic E-state index is -0.291. The number of rotatable bonds is 4. The molecule has 1 nitrogen and oxygen atoms in total. The van der Waals surface area contributed by atoms with Crippen LogP contribution in [0, 0.1) is 5.82 Å². The van der Waals surface area contributed by atoms with E-state index < -0.39 is 0 Å². The molecule has 1 unspecified atom stereocenters. The summed E-state index contributed by atoms with van der Waals surface area (Å²) in [5.74, 6) is -0.291. The number of hydrogen-bond donors (Lipinski definition) is 1. The third-order valence-electron chi connectivity index (χ3n) is 3.04. The van der Waals surface area contributed by atoms with Gasteiger partial charge in [0.1, 0.15) is 5.82 Å². The van der Waals surface area contributed by atoms with E-state index in [0.29, 0.717) is 22.0 Å². The van der Waals surface area contributed by atoms with Crippen LogP contribution in [0.15, 0.2) is 42.5 Å². The standard InChI is InChI=1S/C15H14Cl2FN/c1-19-15(8-10-2-4-11(16)5-3-10)13-7-6-12(17)9-14(13)18/h2-7,9,15,19H,8H2,1H3. The zero-order valence-corrected chi connectivity index (χ0v) is 12.0. The first-order valence-electron chi connectivity index (χ1n) is 5.97. The van der Waals surface area contributed by atoms with Crippen molar-refractivity contribution >= 4 is 23.2 Å². The van der Waals surface area contributed by atoms with Crippen LogP contribution in [0.3, 0.4) is 0 Å². The average molecular weight is 298 g/mol. The molecular weight excluding hydrogens is 284 g/mol. The molecule has 0 radical (unpaired) electrons. The highest BCUT2D eigenvalue weighted by molar-refractivity contribution is 6.30. The topological polar surface area (TPSA) is 12.0 Å². The SMILES string of the molecule is CNC(Cc1ccc(Cl)cc1)c1ccc(Cl)cc1F. The molecule has 2 rings (SSSR count). The fraction of sp³-hybridized carbons (Fsp3) is 0.200. The van der Waals surface area contributed by atoms with Gasteiger partial charge in [-0.15, -0.1) is 0 Å². The molecular formula is C15H14Cl2FN. The van der Waals surface area contributed by atoms with Gasteiger partial charge in [0, 0.05) is 21.7 Å². The molecule has 100 valence electrons. The van der Waals surface area contributed by atoms with Crippen LogP contribution in [0.5, 0.6) is 0 Å². The highest BCUT2D eigenvalue weighted by atomic mass is 35.5. The maximum Gasteiger partial charge on any atom is 0.129 e. The molecule has 4 heteroatoms. The normalized spacial score (nSPS) is 12.4. The number of likely N-dealkylation sites (N-methyl/N-ethyl adjacent to an activating group) is 1. The Morgan fingerprint density at radius 1 is 1.05 bits per heavy atom. The number of halogens is 3. The van der Waals surface area contributed by atoms with Crippen molar-refractivity contribution in [2.75, 3.05) is 7.05 Å². The summed E-state index contributed by atoms with van der Waals surface area (Å²) in [7, 11) is 1.81. The largest absolute Gasteiger partial charge is 0.313 e. The van der Waals surface area contributed by atoms with Crippen molar-refractivity contribution in [3.63, 3.8) is 0 Å². The first kappa shape index (κ1) is 14.3. The Morgan fingerprint density at radius 3 is 2.26 bits per heavy atom.